The molecule has 0 amide bonds. The highest BCUT2D eigenvalue weighted by molar-refractivity contribution is 6.26. The van der Waals surface area contributed by atoms with E-state index in [1.807, 2.05) is 0 Å². The van der Waals surface area contributed by atoms with Crippen LogP contribution in [0.25, 0.3) is 0 Å². The lowest BCUT2D eigenvalue weighted by Crippen LogP contribution is -2.00. The van der Waals surface area contributed by atoms with Crippen LogP contribution in [0.5, 0.6) is 0 Å². The maximum atomic E-state index is 11.3. The van der Waals surface area contributed by atoms with Gasteiger partial charge in [-0.1, -0.05) is 12.2 Å². The van der Waals surface area contributed by atoms with E-state index < -0.39 is 0 Å². The van der Waals surface area contributed by atoms with Gasteiger partial charge in [0.1, 0.15) is 0 Å². The minimum atomic E-state index is -0.141. The fraction of sp³-hybridized carbons (Fsp3) is 0.385. The molecule has 2 fully saturated rings. The highest BCUT2D eigenvalue weighted by atomic mass is 16.2. The monoisotopic (exact) mass is 232 g/mol. The average molecular weight is 232 g/mol. The first-order valence-corrected chi connectivity index (χ1v) is 5.62. The summed E-state index contributed by atoms with van der Waals surface area (Å²) < 4.78 is 0. The quantitative estimate of drug-likeness (QED) is 0.528. The molecular weight excluding hydrogens is 220 g/mol. The Morgan fingerprint density at radius 1 is 0.647 bits per heavy atom. The van der Waals surface area contributed by atoms with Gasteiger partial charge in [-0.05, 0) is 6.42 Å². The third kappa shape index (κ3) is 2.30. The van der Waals surface area contributed by atoms with Crippen LogP contribution >= 0.6 is 0 Å². The van der Waals surface area contributed by atoms with Gasteiger partial charge in [0.25, 0.3) is 0 Å². The molecule has 0 aliphatic heterocycles. The minimum absolute atomic E-state index is 0.141. The molecule has 0 bridgehead atoms. The molecule has 2 aliphatic carbocycles. The Balaban J connectivity index is 2.08. The smallest absolute Gasteiger partial charge is 0.166 e. The molecule has 0 N–H and O–H groups in total. The zero-order chi connectivity index (χ0) is 12.4. The highest BCUT2D eigenvalue weighted by Crippen LogP contribution is 2.20. The molecule has 0 unspecified atom stereocenters. The van der Waals surface area contributed by atoms with Crippen molar-refractivity contribution < 1.29 is 19.2 Å². The molecule has 4 nitrogen and oxygen atoms in total. The second-order valence-corrected chi connectivity index (χ2v) is 4.16. The highest BCUT2D eigenvalue weighted by Gasteiger charge is 2.26. The zero-order valence-electron chi connectivity index (χ0n) is 9.32. The van der Waals surface area contributed by atoms with Crippen LogP contribution in [0.1, 0.15) is 32.1 Å². The molecule has 2 saturated carbocycles. The van der Waals surface area contributed by atoms with Crippen LogP contribution in [-0.4, -0.2) is 23.1 Å². The second kappa shape index (κ2) is 4.57. The van der Waals surface area contributed by atoms with Crippen LogP contribution in [0.2, 0.25) is 0 Å². The van der Waals surface area contributed by atoms with Gasteiger partial charge in [0.2, 0.25) is 0 Å². The first-order chi connectivity index (χ1) is 8.09. The Morgan fingerprint density at radius 2 is 0.941 bits per heavy atom. The lowest BCUT2D eigenvalue weighted by Gasteiger charge is -1.93. The van der Waals surface area contributed by atoms with E-state index in [9.17, 15) is 19.2 Å². The number of carbonyl (C=O) groups is 4. The maximum absolute atomic E-state index is 11.3. The van der Waals surface area contributed by atoms with Gasteiger partial charge in [-0.25, -0.2) is 0 Å². The fourth-order valence-corrected chi connectivity index (χ4v) is 2.05. The molecule has 4 heteroatoms. The largest absolute Gasteiger partial charge is 0.294 e. The SMILES string of the molecule is O=C1CCC(=O)C1=CCC=C1C(=O)CCC1=O. The zero-order valence-corrected chi connectivity index (χ0v) is 9.32. The third-order valence-electron chi connectivity index (χ3n) is 3.00. The number of hydrogen-bond donors (Lipinski definition) is 0. The van der Waals surface area contributed by atoms with E-state index >= 15 is 0 Å². The first kappa shape index (κ1) is 11.6. The van der Waals surface area contributed by atoms with Crippen molar-refractivity contribution in [3.05, 3.63) is 23.3 Å². The summed E-state index contributed by atoms with van der Waals surface area (Å²) in [7, 11) is 0. The van der Waals surface area contributed by atoms with E-state index in [0.29, 0.717) is 6.42 Å². The fourth-order valence-electron chi connectivity index (χ4n) is 2.05. The van der Waals surface area contributed by atoms with E-state index in [1.54, 1.807) is 0 Å². The van der Waals surface area contributed by atoms with Crippen molar-refractivity contribution in [1.82, 2.24) is 0 Å². The summed E-state index contributed by atoms with van der Waals surface area (Å²) in [6.45, 7) is 0. The molecule has 17 heavy (non-hydrogen) atoms. The molecular formula is C13H12O4. The Hall–Kier alpha value is -1.84. The van der Waals surface area contributed by atoms with Gasteiger partial charge in [-0.15, -0.1) is 0 Å². The van der Waals surface area contributed by atoms with Crippen molar-refractivity contribution in [2.24, 2.45) is 0 Å². The molecule has 0 aromatic carbocycles. The molecule has 0 spiro atoms. The lowest BCUT2D eigenvalue weighted by molar-refractivity contribution is -0.118. The number of ketones is 4. The first-order valence-electron chi connectivity index (χ1n) is 5.62. The molecule has 2 rings (SSSR count). The summed E-state index contributed by atoms with van der Waals surface area (Å²) in [6, 6.07) is 0. The molecule has 0 aromatic heterocycles. The maximum Gasteiger partial charge on any atom is 0.166 e. The van der Waals surface area contributed by atoms with Crippen molar-refractivity contribution in [3.8, 4) is 0 Å². The van der Waals surface area contributed by atoms with Crippen LogP contribution in [0.3, 0.4) is 0 Å². The Labute approximate surface area is 98.4 Å². The van der Waals surface area contributed by atoms with Crippen molar-refractivity contribution in [2.45, 2.75) is 32.1 Å². The molecule has 2 aliphatic rings. The van der Waals surface area contributed by atoms with Gasteiger partial charge < -0.3 is 0 Å². The number of carbonyl (C=O) groups excluding carboxylic acids is 4. The van der Waals surface area contributed by atoms with E-state index in [0.717, 1.165) is 0 Å². The van der Waals surface area contributed by atoms with Crippen LogP contribution in [0.15, 0.2) is 23.3 Å². The summed E-state index contributed by atoms with van der Waals surface area (Å²) >= 11 is 0. The normalized spacial score (nSPS) is 20.5. The van der Waals surface area contributed by atoms with Crippen molar-refractivity contribution in [1.29, 1.82) is 0 Å². The average Bonchev–Trinajstić information content (AvgIpc) is 2.77. The Bertz CT molecular complexity index is 400. The van der Waals surface area contributed by atoms with Crippen molar-refractivity contribution in [3.63, 3.8) is 0 Å². The van der Waals surface area contributed by atoms with Crippen LogP contribution in [-0.2, 0) is 19.2 Å². The van der Waals surface area contributed by atoms with E-state index in [-0.39, 0.29) is 60.0 Å². The van der Waals surface area contributed by atoms with E-state index in [2.05, 4.69) is 0 Å². The minimum Gasteiger partial charge on any atom is -0.294 e. The summed E-state index contributed by atoms with van der Waals surface area (Å²) in [4.78, 5) is 45.2. The summed E-state index contributed by atoms with van der Waals surface area (Å²) in [5.74, 6) is -0.565. The molecule has 0 radical (unpaired) electrons. The van der Waals surface area contributed by atoms with Gasteiger partial charge >= 0.3 is 0 Å². The van der Waals surface area contributed by atoms with Crippen LogP contribution < -0.4 is 0 Å². The second-order valence-electron chi connectivity index (χ2n) is 4.16. The standard InChI is InChI=1S/C13H12O4/c14-10-4-5-11(15)8(10)2-1-3-9-12(16)6-7-13(9)17/h2-3H,1,4-7H2. The Kier molecular flexibility index (Phi) is 3.13. The topological polar surface area (TPSA) is 68.3 Å². The summed E-state index contributed by atoms with van der Waals surface area (Å²) in [5.41, 5.74) is 0.444. The predicted molar refractivity (Wildman–Crippen MR) is 59.3 cm³/mol. The third-order valence-corrected chi connectivity index (χ3v) is 3.00. The number of rotatable bonds is 2. The molecule has 0 saturated heterocycles. The number of hydrogen-bond acceptors (Lipinski definition) is 4. The molecule has 0 aromatic rings. The van der Waals surface area contributed by atoms with E-state index in [4.69, 9.17) is 0 Å². The summed E-state index contributed by atoms with van der Waals surface area (Å²) in [5, 5.41) is 0. The van der Waals surface area contributed by atoms with Gasteiger partial charge in [0.05, 0.1) is 11.1 Å². The molecule has 0 heterocycles. The Morgan fingerprint density at radius 3 is 1.24 bits per heavy atom. The van der Waals surface area contributed by atoms with Crippen LogP contribution in [0, 0.1) is 0 Å². The lowest BCUT2D eigenvalue weighted by atomic mass is 10.1. The van der Waals surface area contributed by atoms with Gasteiger partial charge in [-0.2, -0.15) is 0 Å². The van der Waals surface area contributed by atoms with Crippen molar-refractivity contribution in [2.75, 3.05) is 0 Å². The van der Waals surface area contributed by atoms with Gasteiger partial charge in [0.15, 0.2) is 23.1 Å². The predicted octanol–water partition coefficient (Wildman–Crippen LogP) is 1.09. The number of Topliss-reactive ketones (excluding diaryl/α,β-unsaturated/α-hetero) is 4. The molecule has 0 atom stereocenters. The van der Waals surface area contributed by atoms with Crippen molar-refractivity contribution >= 4 is 23.1 Å². The van der Waals surface area contributed by atoms with Gasteiger partial charge in [0, 0.05) is 25.7 Å². The van der Waals surface area contributed by atoms with E-state index in [1.165, 1.54) is 12.2 Å². The van der Waals surface area contributed by atoms with Crippen LogP contribution in [0.4, 0.5) is 0 Å². The number of allylic oxidation sites excluding steroid dienone is 4. The summed E-state index contributed by atoms with van der Waals surface area (Å²) in [6.07, 6.45) is 4.43. The molecule has 88 valence electrons. The van der Waals surface area contributed by atoms with Gasteiger partial charge in [-0.3, -0.25) is 19.2 Å².